The molecule has 3 atom stereocenters. The molecule has 2 amide bonds. The van der Waals surface area contributed by atoms with E-state index in [0.717, 1.165) is 0 Å². The number of likely N-dealkylation sites (tertiary alicyclic amines) is 1. The maximum Gasteiger partial charge on any atom is 0.306 e. The van der Waals surface area contributed by atoms with Crippen LogP contribution in [0.1, 0.15) is 32.6 Å². The Kier molecular flexibility index (Phi) is 2.69. The summed E-state index contributed by atoms with van der Waals surface area (Å²) in [7, 11) is 0. The van der Waals surface area contributed by atoms with Crippen LogP contribution in [0.3, 0.4) is 0 Å². The molecular formula is C11H15NO4. The largest absolute Gasteiger partial charge is 0.481 e. The van der Waals surface area contributed by atoms with Crippen molar-refractivity contribution in [2.75, 3.05) is 0 Å². The van der Waals surface area contributed by atoms with Crippen LogP contribution >= 0.6 is 0 Å². The average molecular weight is 225 g/mol. The highest BCUT2D eigenvalue weighted by Gasteiger charge is 2.43. The molecule has 1 saturated carbocycles. The summed E-state index contributed by atoms with van der Waals surface area (Å²) in [6, 6.07) is -0.189. The fraction of sp³-hybridized carbons (Fsp3) is 0.727. The zero-order chi connectivity index (χ0) is 11.9. The first-order valence-electron chi connectivity index (χ1n) is 5.59. The van der Waals surface area contributed by atoms with Gasteiger partial charge in [-0.1, -0.05) is 6.92 Å². The van der Waals surface area contributed by atoms with E-state index in [1.165, 1.54) is 4.90 Å². The van der Waals surface area contributed by atoms with Crippen molar-refractivity contribution in [1.82, 2.24) is 4.90 Å². The molecule has 2 fully saturated rings. The van der Waals surface area contributed by atoms with E-state index < -0.39 is 11.9 Å². The highest BCUT2D eigenvalue weighted by Crippen LogP contribution is 2.33. The fourth-order valence-electron chi connectivity index (χ4n) is 2.61. The first kappa shape index (κ1) is 11.1. The zero-order valence-electron chi connectivity index (χ0n) is 9.18. The molecule has 1 aliphatic heterocycles. The van der Waals surface area contributed by atoms with E-state index in [4.69, 9.17) is 5.11 Å². The Morgan fingerprint density at radius 2 is 2.06 bits per heavy atom. The van der Waals surface area contributed by atoms with Crippen LogP contribution in [0.25, 0.3) is 0 Å². The average Bonchev–Trinajstić information content (AvgIpc) is 2.74. The number of nitrogens with zero attached hydrogens (tertiary/aromatic N) is 1. The topological polar surface area (TPSA) is 74.7 Å². The van der Waals surface area contributed by atoms with Crippen molar-refractivity contribution in [3.63, 3.8) is 0 Å². The van der Waals surface area contributed by atoms with E-state index in [2.05, 4.69) is 0 Å². The molecule has 1 heterocycles. The van der Waals surface area contributed by atoms with Crippen molar-refractivity contribution in [2.45, 2.75) is 38.6 Å². The quantitative estimate of drug-likeness (QED) is 0.699. The number of hydrogen-bond donors (Lipinski definition) is 1. The minimum atomic E-state index is -0.824. The summed E-state index contributed by atoms with van der Waals surface area (Å²) in [5.41, 5.74) is 0. The second-order valence-electron chi connectivity index (χ2n) is 4.71. The van der Waals surface area contributed by atoms with Crippen LogP contribution in [-0.2, 0) is 14.4 Å². The van der Waals surface area contributed by atoms with Gasteiger partial charge in [-0.05, 0) is 19.3 Å². The summed E-state index contributed by atoms with van der Waals surface area (Å²) >= 11 is 0. The molecule has 2 aliphatic rings. The second-order valence-corrected chi connectivity index (χ2v) is 4.71. The summed E-state index contributed by atoms with van der Waals surface area (Å²) in [5, 5.41) is 8.87. The molecule has 0 aromatic heterocycles. The Morgan fingerprint density at radius 3 is 2.50 bits per heavy atom. The molecule has 5 heteroatoms. The number of carbonyl (C=O) groups excluding carboxylic acids is 2. The van der Waals surface area contributed by atoms with E-state index in [0.29, 0.717) is 19.3 Å². The Labute approximate surface area is 93.4 Å². The number of imide groups is 1. The third kappa shape index (κ3) is 1.70. The summed E-state index contributed by atoms with van der Waals surface area (Å²) < 4.78 is 0. The predicted octanol–water partition coefficient (Wildman–Crippen LogP) is 0.635. The first-order chi connectivity index (χ1) is 7.50. The van der Waals surface area contributed by atoms with Crippen LogP contribution in [0.4, 0.5) is 0 Å². The van der Waals surface area contributed by atoms with Crippen molar-refractivity contribution >= 4 is 17.8 Å². The van der Waals surface area contributed by atoms with Crippen LogP contribution in [0.5, 0.6) is 0 Å². The molecule has 0 spiro atoms. The van der Waals surface area contributed by atoms with E-state index in [1.807, 2.05) is 0 Å². The van der Waals surface area contributed by atoms with Gasteiger partial charge in [-0.2, -0.15) is 0 Å². The van der Waals surface area contributed by atoms with Gasteiger partial charge in [-0.25, -0.2) is 0 Å². The zero-order valence-corrected chi connectivity index (χ0v) is 9.18. The lowest BCUT2D eigenvalue weighted by molar-refractivity contribution is -0.145. The Morgan fingerprint density at radius 1 is 1.38 bits per heavy atom. The number of aliphatic carboxylic acids is 1. The maximum absolute atomic E-state index is 11.7. The molecule has 5 nitrogen and oxygen atoms in total. The van der Waals surface area contributed by atoms with Gasteiger partial charge in [0, 0.05) is 18.4 Å². The smallest absolute Gasteiger partial charge is 0.306 e. The van der Waals surface area contributed by atoms with Gasteiger partial charge >= 0.3 is 5.97 Å². The van der Waals surface area contributed by atoms with E-state index in [1.54, 1.807) is 6.92 Å². The lowest BCUT2D eigenvalue weighted by Crippen LogP contribution is -2.38. The standard InChI is InChI=1S/C11H15NO4/c1-6-4-9(13)12(10(6)14)8-3-2-7(5-8)11(15)16/h6-8H,2-5H2,1H3,(H,15,16). The van der Waals surface area contributed by atoms with Crippen molar-refractivity contribution in [3.05, 3.63) is 0 Å². The number of carbonyl (C=O) groups is 3. The number of hydrogen-bond acceptors (Lipinski definition) is 3. The van der Waals surface area contributed by atoms with Crippen LogP contribution < -0.4 is 0 Å². The normalized spacial score (nSPS) is 34.8. The summed E-state index contributed by atoms with van der Waals surface area (Å²) in [6.45, 7) is 1.74. The fourth-order valence-corrected chi connectivity index (χ4v) is 2.61. The molecule has 0 aromatic carbocycles. The molecule has 16 heavy (non-hydrogen) atoms. The van der Waals surface area contributed by atoms with Gasteiger partial charge in [-0.15, -0.1) is 0 Å². The van der Waals surface area contributed by atoms with Gasteiger partial charge in [-0.3, -0.25) is 19.3 Å². The lowest BCUT2D eigenvalue weighted by atomic mass is 10.1. The summed E-state index contributed by atoms with van der Waals surface area (Å²) in [6.07, 6.45) is 1.87. The Bertz CT molecular complexity index is 352. The molecule has 2 rings (SSSR count). The molecule has 88 valence electrons. The highest BCUT2D eigenvalue weighted by molar-refractivity contribution is 6.03. The minimum Gasteiger partial charge on any atom is -0.481 e. The molecule has 3 unspecified atom stereocenters. The van der Waals surface area contributed by atoms with Crippen LogP contribution in [0.15, 0.2) is 0 Å². The Balaban J connectivity index is 2.07. The van der Waals surface area contributed by atoms with Crippen LogP contribution in [0, 0.1) is 11.8 Å². The van der Waals surface area contributed by atoms with Crippen molar-refractivity contribution in [3.8, 4) is 0 Å². The molecule has 1 aliphatic carbocycles. The van der Waals surface area contributed by atoms with Crippen molar-refractivity contribution in [2.24, 2.45) is 11.8 Å². The third-order valence-electron chi connectivity index (χ3n) is 3.53. The summed E-state index contributed by atoms with van der Waals surface area (Å²) in [5.74, 6) is -1.75. The first-order valence-corrected chi connectivity index (χ1v) is 5.59. The van der Waals surface area contributed by atoms with E-state index >= 15 is 0 Å². The molecule has 1 saturated heterocycles. The van der Waals surface area contributed by atoms with Gasteiger partial charge < -0.3 is 5.11 Å². The van der Waals surface area contributed by atoms with E-state index in [9.17, 15) is 14.4 Å². The van der Waals surface area contributed by atoms with Gasteiger partial charge in [0.25, 0.3) is 0 Å². The van der Waals surface area contributed by atoms with Crippen LogP contribution in [-0.4, -0.2) is 33.8 Å². The Hall–Kier alpha value is -1.39. The van der Waals surface area contributed by atoms with Crippen molar-refractivity contribution < 1.29 is 19.5 Å². The molecule has 0 radical (unpaired) electrons. The number of carboxylic acid groups (broad SMARTS) is 1. The summed E-state index contributed by atoms with van der Waals surface area (Å²) in [4.78, 5) is 35.5. The molecular weight excluding hydrogens is 210 g/mol. The third-order valence-corrected chi connectivity index (χ3v) is 3.53. The van der Waals surface area contributed by atoms with Gasteiger partial charge in [0.05, 0.1) is 5.92 Å². The molecule has 1 N–H and O–H groups in total. The number of amides is 2. The SMILES string of the molecule is CC1CC(=O)N(C2CCC(C(=O)O)C2)C1=O. The van der Waals surface area contributed by atoms with E-state index in [-0.39, 0.29) is 30.2 Å². The number of carboxylic acids is 1. The molecule has 0 aromatic rings. The second kappa shape index (κ2) is 3.88. The minimum absolute atomic E-state index is 0.138. The van der Waals surface area contributed by atoms with Crippen molar-refractivity contribution in [1.29, 1.82) is 0 Å². The maximum atomic E-state index is 11.7. The van der Waals surface area contributed by atoms with Gasteiger partial charge in [0.15, 0.2) is 0 Å². The predicted molar refractivity (Wildman–Crippen MR) is 54.4 cm³/mol. The van der Waals surface area contributed by atoms with Gasteiger partial charge in [0.1, 0.15) is 0 Å². The lowest BCUT2D eigenvalue weighted by Gasteiger charge is -2.22. The highest BCUT2D eigenvalue weighted by atomic mass is 16.4. The molecule has 0 bridgehead atoms. The number of rotatable bonds is 2. The van der Waals surface area contributed by atoms with Gasteiger partial charge in [0.2, 0.25) is 11.8 Å². The van der Waals surface area contributed by atoms with Crippen LogP contribution in [0.2, 0.25) is 0 Å². The monoisotopic (exact) mass is 225 g/mol.